The van der Waals surface area contributed by atoms with E-state index in [-0.39, 0.29) is 18.7 Å². The molecule has 2 aromatic rings. The molecule has 1 atom stereocenters. The van der Waals surface area contributed by atoms with Gasteiger partial charge in [-0.1, -0.05) is 6.07 Å². The Labute approximate surface area is 145 Å². The van der Waals surface area contributed by atoms with Crippen LogP contribution in [0.3, 0.4) is 0 Å². The van der Waals surface area contributed by atoms with Crippen molar-refractivity contribution in [2.75, 3.05) is 39.6 Å². The van der Waals surface area contributed by atoms with E-state index in [0.717, 1.165) is 30.2 Å². The Balaban J connectivity index is 1.52. The van der Waals surface area contributed by atoms with Crippen LogP contribution < -0.4 is 14.8 Å². The number of hydrogen-bond donors (Lipinski definition) is 1. The Morgan fingerprint density at radius 2 is 2.00 bits per heavy atom. The van der Waals surface area contributed by atoms with Crippen LogP contribution in [0.25, 0.3) is 0 Å². The highest BCUT2D eigenvalue weighted by molar-refractivity contribution is 5.91. The maximum absolute atomic E-state index is 12.2. The molecule has 7 nitrogen and oxygen atoms in total. The molecule has 2 aliphatic heterocycles. The Hall–Kier alpha value is -2.51. The number of carbonyl (C=O) groups excluding carboxylic acids is 1. The molecular weight excluding hydrogens is 324 g/mol. The number of rotatable bonds is 5. The van der Waals surface area contributed by atoms with Crippen LogP contribution in [0, 0.1) is 0 Å². The third-order valence-electron chi connectivity index (χ3n) is 4.47. The summed E-state index contributed by atoms with van der Waals surface area (Å²) in [7, 11) is 0. The molecule has 1 aromatic carbocycles. The molecule has 1 amide bonds. The summed E-state index contributed by atoms with van der Waals surface area (Å²) >= 11 is 0. The van der Waals surface area contributed by atoms with Gasteiger partial charge in [0.2, 0.25) is 6.79 Å². The number of benzene rings is 1. The summed E-state index contributed by atoms with van der Waals surface area (Å²) in [6.07, 6.45) is 1.49. The largest absolute Gasteiger partial charge is 0.459 e. The van der Waals surface area contributed by atoms with Crippen molar-refractivity contribution in [2.24, 2.45) is 0 Å². The fraction of sp³-hybridized carbons (Fsp3) is 0.389. The average molecular weight is 344 g/mol. The normalized spacial score (nSPS) is 18.1. The van der Waals surface area contributed by atoms with Crippen LogP contribution in [0.2, 0.25) is 0 Å². The predicted molar refractivity (Wildman–Crippen MR) is 88.7 cm³/mol. The number of ether oxygens (including phenoxy) is 3. The number of amides is 1. The van der Waals surface area contributed by atoms with Gasteiger partial charge in [-0.3, -0.25) is 9.69 Å². The van der Waals surface area contributed by atoms with Crippen LogP contribution in [0.4, 0.5) is 0 Å². The summed E-state index contributed by atoms with van der Waals surface area (Å²) in [6.45, 7) is 3.72. The molecule has 1 fully saturated rings. The fourth-order valence-corrected chi connectivity index (χ4v) is 3.15. The summed E-state index contributed by atoms with van der Waals surface area (Å²) in [5.41, 5.74) is 1.07. The van der Waals surface area contributed by atoms with Crippen molar-refractivity contribution in [1.29, 1.82) is 0 Å². The summed E-state index contributed by atoms with van der Waals surface area (Å²) in [5, 5.41) is 2.96. The highest BCUT2D eigenvalue weighted by Gasteiger charge is 2.25. The predicted octanol–water partition coefficient (Wildman–Crippen LogP) is 1.81. The van der Waals surface area contributed by atoms with Crippen molar-refractivity contribution < 1.29 is 23.4 Å². The number of carbonyl (C=O) groups is 1. The van der Waals surface area contributed by atoms with Crippen molar-refractivity contribution in [2.45, 2.75) is 6.04 Å². The van der Waals surface area contributed by atoms with Gasteiger partial charge in [0.15, 0.2) is 17.3 Å². The molecule has 2 aliphatic rings. The molecule has 1 aromatic heterocycles. The highest BCUT2D eigenvalue weighted by Crippen LogP contribution is 2.35. The molecular formula is C18H20N2O5. The van der Waals surface area contributed by atoms with E-state index in [2.05, 4.69) is 10.2 Å². The van der Waals surface area contributed by atoms with Gasteiger partial charge in [-0.25, -0.2) is 0 Å². The van der Waals surface area contributed by atoms with E-state index in [0.29, 0.717) is 25.5 Å². The van der Waals surface area contributed by atoms with E-state index in [9.17, 15) is 4.79 Å². The van der Waals surface area contributed by atoms with Crippen LogP contribution in [-0.4, -0.2) is 50.4 Å². The number of nitrogens with one attached hydrogen (secondary N) is 1. The molecule has 7 heteroatoms. The van der Waals surface area contributed by atoms with E-state index in [4.69, 9.17) is 18.6 Å². The Morgan fingerprint density at radius 3 is 2.80 bits per heavy atom. The number of furan rings is 1. The lowest BCUT2D eigenvalue weighted by molar-refractivity contribution is 0.0161. The summed E-state index contributed by atoms with van der Waals surface area (Å²) in [4.78, 5) is 14.5. The summed E-state index contributed by atoms with van der Waals surface area (Å²) in [6, 6.07) is 9.30. The molecule has 132 valence electrons. The van der Waals surface area contributed by atoms with Crippen molar-refractivity contribution in [3.05, 3.63) is 47.9 Å². The minimum absolute atomic E-state index is 0.0253. The van der Waals surface area contributed by atoms with Gasteiger partial charge in [-0.15, -0.1) is 0 Å². The quantitative estimate of drug-likeness (QED) is 0.892. The van der Waals surface area contributed by atoms with Crippen LogP contribution >= 0.6 is 0 Å². The van der Waals surface area contributed by atoms with Crippen LogP contribution in [-0.2, 0) is 4.74 Å². The SMILES string of the molecule is O=C(NC[C@H](c1ccc2c(c1)OCO2)N1CCOCC1)c1ccco1. The van der Waals surface area contributed by atoms with E-state index >= 15 is 0 Å². The fourth-order valence-electron chi connectivity index (χ4n) is 3.15. The van der Waals surface area contributed by atoms with E-state index in [1.54, 1.807) is 12.1 Å². The molecule has 1 N–H and O–H groups in total. The lowest BCUT2D eigenvalue weighted by Crippen LogP contribution is -2.43. The Morgan fingerprint density at radius 1 is 1.16 bits per heavy atom. The standard InChI is InChI=1S/C18H20N2O5/c21-18(16-2-1-7-23-16)19-11-14(20-5-8-22-9-6-20)13-3-4-15-17(10-13)25-12-24-15/h1-4,7,10,14H,5-6,8-9,11-12H2,(H,19,21)/t14-/m1/s1. The maximum atomic E-state index is 12.2. The molecule has 0 spiro atoms. The summed E-state index contributed by atoms with van der Waals surface area (Å²) in [5.74, 6) is 1.59. The molecule has 0 bridgehead atoms. The zero-order valence-electron chi connectivity index (χ0n) is 13.8. The molecule has 4 rings (SSSR count). The highest BCUT2D eigenvalue weighted by atomic mass is 16.7. The van der Waals surface area contributed by atoms with Gasteiger partial charge in [-0.05, 0) is 29.8 Å². The molecule has 0 radical (unpaired) electrons. The van der Waals surface area contributed by atoms with Gasteiger partial charge in [-0.2, -0.15) is 0 Å². The Kier molecular flexibility index (Phi) is 4.58. The summed E-state index contributed by atoms with van der Waals surface area (Å²) < 4.78 is 21.5. The molecule has 0 unspecified atom stereocenters. The number of fused-ring (bicyclic) bond motifs is 1. The molecule has 0 aliphatic carbocycles. The molecule has 1 saturated heterocycles. The minimum Gasteiger partial charge on any atom is -0.459 e. The van der Waals surface area contributed by atoms with Gasteiger partial charge < -0.3 is 23.9 Å². The molecule has 25 heavy (non-hydrogen) atoms. The van der Waals surface area contributed by atoms with E-state index < -0.39 is 0 Å². The first kappa shape index (κ1) is 16.0. The van der Waals surface area contributed by atoms with Crippen molar-refractivity contribution in [1.82, 2.24) is 10.2 Å². The van der Waals surface area contributed by atoms with Gasteiger partial charge in [0.1, 0.15) is 0 Å². The number of hydrogen-bond acceptors (Lipinski definition) is 6. The van der Waals surface area contributed by atoms with Crippen molar-refractivity contribution >= 4 is 5.91 Å². The van der Waals surface area contributed by atoms with Crippen molar-refractivity contribution in [3.8, 4) is 11.5 Å². The number of morpholine rings is 1. The van der Waals surface area contributed by atoms with E-state index in [1.165, 1.54) is 6.26 Å². The van der Waals surface area contributed by atoms with Crippen LogP contribution in [0.1, 0.15) is 22.2 Å². The zero-order chi connectivity index (χ0) is 17.1. The first-order valence-electron chi connectivity index (χ1n) is 8.34. The molecule has 0 saturated carbocycles. The third kappa shape index (κ3) is 3.47. The minimum atomic E-state index is -0.219. The topological polar surface area (TPSA) is 73.2 Å². The zero-order valence-corrected chi connectivity index (χ0v) is 13.8. The monoisotopic (exact) mass is 344 g/mol. The van der Waals surface area contributed by atoms with Gasteiger partial charge in [0.25, 0.3) is 5.91 Å². The maximum Gasteiger partial charge on any atom is 0.287 e. The first-order chi connectivity index (χ1) is 12.3. The van der Waals surface area contributed by atoms with Gasteiger partial charge >= 0.3 is 0 Å². The second-order valence-corrected chi connectivity index (χ2v) is 5.96. The lowest BCUT2D eigenvalue weighted by Gasteiger charge is -2.34. The lowest BCUT2D eigenvalue weighted by atomic mass is 10.0. The second kappa shape index (κ2) is 7.16. The third-order valence-corrected chi connectivity index (χ3v) is 4.47. The smallest absolute Gasteiger partial charge is 0.287 e. The van der Waals surface area contributed by atoms with Gasteiger partial charge in [0, 0.05) is 19.6 Å². The number of nitrogens with zero attached hydrogens (tertiary/aromatic N) is 1. The molecule has 3 heterocycles. The van der Waals surface area contributed by atoms with Gasteiger partial charge in [0.05, 0.1) is 25.5 Å². The first-order valence-corrected chi connectivity index (χ1v) is 8.34. The second-order valence-electron chi connectivity index (χ2n) is 5.96. The average Bonchev–Trinajstić information content (AvgIpc) is 3.34. The van der Waals surface area contributed by atoms with E-state index in [1.807, 2.05) is 18.2 Å². The Bertz CT molecular complexity index is 725. The van der Waals surface area contributed by atoms with Crippen LogP contribution in [0.5, 0.6) is 11.5 Å². The van der Waals surface area contributed by atoms with Crippen molar-refractivity contribution in [3.63, 3.8) is 0 Å². The van der Waals surface area contributed by atoms with Crippen LogP contribution in [0.15, 0.2) is 41.0 Å².